The third-order valence-electron chi connectivity index (χ3n) is 1.66. The van der Waals surface area contributed by atoms with Crippen molar-refractivity contribution in [3.05, 3.63) is 23.8 Å². The second-order valence-corrected chi connectivity index (χ2v) is 5.23. The standard InChI is InChI=1S/C9H14NP/c1-7-4-5-9(11(2)3)8(10)6-7/h4-6H,10H2,1-3H3. The Morgan fingerprint density at radius 3 is 2.36 bits per heavy atom. The summed E-state index contributed by atoms with van der Waals surface area (Å²) in [5.41, 5.74) is 8.02. The van der Waals surface area contributed by atoms with Crippen LogP contribution in [-0.2, 0) is 0 Å². The zero-order chi connectivity index (χ0) is 8.43. The number of hydrogen-bond donors (Lipinski definition) is 1. The SMILES string of the molecule is Cc1ccc(P(C)C)c(N)c1. The number of rotatable bonds is 1. The minimum atomic E-state index is -0.0538. The molecule has 0 aliphatic carbocycles. The molecule has 0 unspecified atom stereocenters. The summed E-state index contributed by atoms with van der Waals surface area (Å²) in [5.74, 6) is 0. The summed E-state index contributed by atoms with van der Waals surface area (Å²) in [6.45, 7) is 6.50. The molecule has 0 fully saturated rings. The Morgan fingerprint density at radius 2 is 1.91 bits per heavy atom. The molecule has 0 spiro atoms. The first-order valence-electron chi connectivity index (χ1n) is 3.64. The molecule has 2 heteroatoms. The lowest BCUT2D eigenvalue weighted by Gasteiger charge is -2.09. The van der Waals surface area contributed by atoms with Gasteiger partial charge in [-0.15, -0.1) is 0 Å². The first-order chi connectivity index (χ1) is 5.11. The second-order valence-electron chi connectivity index (χ2n) is 2.96. The first kappa shape index (κ1) is 8.55. The fourth-order valence-electron chi connectivity index (χ4n) is 1.08. The van der Waals surface area contributed by atoms with Crippen LogP contribution < -0.4 is 11.0 Å². The Morgan fingerprint density at radius 1 is 1.27 bits per heavy atom. The van der Waals surface area contributed by atoms with E-state index in [4.69, 9.17) is 5.73 Å². The Balaban J connectivity index is 3.09. The molecule has 0 atom stereocenters. The lowest BCUT2D eigenvalue weighted by molar-refractivity contribution is 1.49. The first-order valence-corrected chi connectivity index (χ1v) is 5.88. The molecule has 0 radical (unpaired) electrons. The van der Waals surface area contributed by atoms with E-state index in [0.29, 0.717) is 0 Å². The summed E-state index contributed by atoms with van der Waals surface area (Å²) in [7, 11) is -0.0538. The van der Waals surface area contributed by atoms with Crippen molar-refractivity contribution >= 4 is 18.9 Å². The number of nitrogen functional groups attached to an aromatic ring is 1. The smallest absolute Gasteiger partial charge is 0.0394 e. The molecule has 0 amide bonds. The van der Waals surface area contributed by atoms with E-state index in [-0.39, 0.29) is 7.92 Å². The summed E-state index contributed by atoms with van der Waals surface area (Å²) >= 11 is 0. The molecule has 1 rings (SSSR count). The molecule has 1 aromatic carbocycles. The van der Waals surface area contributed by atoms with E-state index in [9.17, 15) is 0 Å². The Labute approximate surface area is 69.4 Å². The minimum absolute atomic E-state index is 0.0538. The molecular formula is C9H14NP. The number of aryl methyl sites for hydroxylation is 1. The summed E-state index contributed by atoms with van der Waals surface area (Å²) < 4.78 is 0. The van der Waals surface area contributed by atoms with Crippen LogP contribution in [0.1, 0.15) is 5.56 Å². The van der Waals surface area contributed by atoms with Crippen LogP contribution >= 0.6 is 7.92 Å². The highest BCUT2D eigenvalue weighted by Gasteiger charge is 2.01. The van der Waals surface area contributed by atoms with E-state index >= 15 is 0 Å². The van der Waals surface area contributed by atoms with Crippen LogP contribution in [0.3, 0.4) is 0 Å². The third kappa shape index (κ3) is 1.94. The van der Waals surface area contributed by atoms with E-state index in [1.807, 2.05) is 6.07 Å². The van der Waals surface area contributed by atoms with Crippen molar-refractivity contribution in [2.75, 3.05) is 19.1 Å². The largest absolute Gasteiger partial charge is 0.398 e. The molecule has 0 aliphatic rings. The van der Waals surface area contributed by atoms with E-state index in [1.165, 1.54) is 10.9 Å². The molecule has 0 aliphatic heterocycles. The van der Waals surface area contributed by atoms with Gasteiger partial charge < -0.3 is 5.73 Å². The average molecular weight is 167 g/mol. The number of benzene rings is 1. The molecule has 60 valence electrons. The van der Waals surface area contributed by atoms with Gasteiger partial charge in [0, 0.05) is 5.69 Å². The van der Waals surface area contributed by atoms with Crippen molar-refractivity contribution in [3.63, 3.8) is 0 Å². The highest BCUT2D eigenvalue weighted by atomic mass is 31.1. The van der Waals surface area contributed by atoms with Crippen LogP contribution in [0.4, 0.5) is 5.69 Å². The molecule has 0 bridgehead atoms. The minimum Gasteiger partial charge on any atom is -0.398 e. The van der Waals surface area contributed by atoms with Gasteiger partial charge in [-0.25, -0.2) is 0 Å². The lowest BCUT2D eigenvalue weighted by atomic mass is 10.2. The molecular weight excluding hydrogens is 153 g/mol. The molecule has 0 saturated heterocycles. The number of nitrogens with two attached hydrogens (primary N) is 1. The van der Waals surface area contributed by atoms with Crippen molar-refractivity contribution in [2.45, 2.75) is 6.92 Å². The molecule has 0 heterocycles. The Hall–Kier alpha value is -0.550. The monoisotopic (exact) mass is 167 g/mol. The van der Waals surface area contributed by atoms with Gasteiger partial charge in [-0.2, -0.15) is 0 Å². The van der Waals surface area contributed by atoms with Gasteiger partial charge in [0.2, 0.25) is 0 Å². The number of anilines is 1. The maximum Gasteiger partial charge on any atom is 0.0394 e. The van der Waals surface area contributed by atoms with Gasteiger partial charge in [-0.05, 0) is 37.2 Å². The van der Waals surface area contributed by atoms with Crippen LogP contribution in [0, 0.1) is 6.92 Å². The Kier molecular flexibility index (Phi) is 2.51. The van der Waals surface area contributed by atoms with Gasteiger partial charge in [0.05, 0.1) is 0 Å². The zero-order valence-electron chi connectivity index (χ0n) is 7.26. The van der Waals surface area contributed by atoms with Crippen LogP contribution in [0.15, 0.2) is 18.2 Å². The molecule has 2 N–H and O–H groups in total. The molecule has 1 aromatic rings. The summed E-state index contributed by atoms with van der Waals surface area (Å²) in [5, 5.41) is 1.31. The zero-order valence-corrected chi connectivity index (χ0v) is 8.15. The third-order valence-corrected chi connectivity index (χ3v) is 3.04. The van der Waals surface area contributed by atoms with Crippen LogP contribution in [0.2, 0.25) is 0 Å². The summed E-state index contributed by atoms with van der Waals surface area (Å²) in [6, 6.07) is 6.29. The fourth-order valence-corrected chi connectivity index (χ4v) is 2.03. The highest BCUT2D eigenvalue weighted by molar-refractivity contribution is 7.64. The maximum absolute atomic E-state index is 5.84. The van der Waals surface area contributed by atoms with Crippen LogP contribution in [0.5, 0.6) is 0 Å². The van der Waals surface area contributed by atoms with Crippen LogP contribution in [0.25, 0.3) is 0 Å². The van der Waals surface area contributed by atoms with Crippen molar-refractivity contribution in [2.24, 2.45) is 0 Å². The fraction of sp³-hybridized carbons (Fsp3) is 0.333. The predicted molar refractivity (Wildman–Crippen MR) is 54.0 cm³/mol. The van der Waals surface area contributed by atoms with Gasteiger partial charge >= 0.3 is 0 Å². The highest BCUT2D eigenvalue weighted by Crippen LogP contribution is 2.26. The van der Waals surface area contributed by atoms with Crippen molar-refractivity contribution in [1.82, 2.24) is 0 Å². The molecule has 0 aromatic heterocycles. The van der Waals surface area contributed by atoms with E-state index in [2.05, 4.69) is 32.4 Å². The van der Waals surface area contributed by atoms with E-state index in [1.54, 1.807) is 0 Å². The van der Waals surface area contributed by atoms with Crippen molar-refractivity contribution in [1.29, 1.82) is 0 Å². The molecule has 1 nitrogen and oxygen atoms in total. The molecule has 0 saturated carbocycles. The van der Waals surface area contributed by atoms with Gasteiger partial charge in [-0.3, -0.25) is 0 Å². The van der Waals surface area contributed by atoms with Gasteiger partial charge in [0.15, 0.2) is 0 Å². The normalized spacial score (nSPS) is 10.5. The average Bonchev–Trinajstić information content (AvgIpc) is 1.85. The van der Waals surface area contributed by atoms with Crippen molar-refractivity contribution in [3.8, 4) is 0 Å². The summed E-state index contributed by atoms with van der Waals surface area (Å²) in [6.07, 6.45) is 0. The second kappa shape index (κ2) is 3.23. The van der Waals surface area contributed by atoms with Crippen molar-refractivity contribution < 1.29 is 0 Å². The van der Waals surface area contributed by atoms with Gasteiger partial charge in [0.25, 0.3) is 0 Å². The molecule has 11 heavy (non-hydrogen) atoms. The van der Waals surface area contributed by atoms with E-state index in [0.717, 1.165) is 5.69 Å². The predicted octanol–water partition coefficient (Wildman–Crippen LogP) is 1.94. The van der Waals surface area contributed by atoms with Gasteiger partial charge in [-0.1, -0.05) is 20.1 Å². The topological polar surface area (TPSA) is 26.0 Å². The van der Waals surface area contributed by atoms with E-state index < -0.39 is 0 Å². The lowest BCUT2D eigenvalue weighted by Crippen LogP contribution is -2.06. The Bertz CT molecular complexity index is 256. The van der Waals surface area contributed by atoms with Crippen LogP contribution in [-0.4, -0.2) is 13.3 Å². The maximum atomic E-state index is 5.84. The summed E-state index contributed by atoms with van der Waals surface area (Å²) in [4.78, 5) is 0. The van der Waals surface area contributed by atoms with Gasteiger partial charge in [0.1, 0.15) is 0 Å². The quantitative estimate of drug-likeness (QED) is 0.502. The number of hydrogen-bond acceptors (Lipinski definition) is 1.